The van der Waals surface area contributed by atoms with Gasteiger partial charge in [-0.3, -0.25) is 9.69 Å². The van der Waals surface area contributed by atoms with Crippen LogP contribution in [-0.4, -0.2) is 15.8 Å². The van der Waals surface area contributed by atoms with Crippen molar-refractivity contribution in [3.05, 3.63) is 123 Å². The van der Waals surface area contributed by atoms with Crippen LogP contribution < -0.4 is 5.32 Å². The molecule has 0 aliphatic heterocycles. The zero-order chi connectivity index (χ0) is 23.9. The summed E-state index contributed by atoms with van der Waals surface area (Å²) in [5.74, 6) is -0.816. The number of carbonyl (C=O) groups is 1. The number of amides is 1. The van der Waals surface area contributed by atoms with E-state index in [1.165, 1.54) is 29.5 Å². The number of rotatable bonds is 9. The van der Waals surface area contributed by atoms with E-state index < -0.39 is 0 Å². The zero-order valence-electron chi connectivity index (χ0n) is 18.7. The van der Waals surface area contributed by atoms with Gasteiger partial charge in [0.25, 0.3) is 5.91 Å². The molecule has 7 heteroatoms. The van der Waals surface area contributed by atoms with Gasteiger partial charge in [-0.2, -0.15) is 0 Å². The normalized spacial score (nSPS) is 12.0. The highest BCUT2D eigenvalue weighted by Gasteiger charge is 2.17. The maximum absolute atomic E-state index is 14.3. The third-order valence-electron chi connectivity index (χ3n) is 5.46. The Morgan fingerprint density at radius 1 is 0.941 bits per heavy atom. The van der Waals surface area contributed by atoms with Crippen LogP contribution in [0.15, 0.2) is 84.2 Å². The Morgan fingerprint density at radius 3 is 2.38 bits per heavy atom. The molecule has 34 heavy (non-hydrogen) atoms. The topological polar surface area (TPSA) is 45.2 Å². The SMILES string of the molecule is CC(NC(=O)c1csc(CN(Cc2ccc(F)cc2)Cc2ccccc2F)n1)c1ccccc1. The lowest BCUT2D eigenvalue weighted by Gasteiger charge is -2.22. The van der Waals surface area contributed by atoms with E-state index >= 15 is 0 Å². The lowest BCUT2D eigenvalue weighted by molar-refractivity contribution is 0.0935. The van der Waals surface area contributed by atoms with Gasteiger partial charge in [0.1, 0.15) is 22.3 Å². The molecule has 0 saturated carbocycles. The Kier molecular flexibility index (Phi) is 7.77. The van der Waals surface area contributed by atoms with E-state index in [-0.39, 0.29) is 23.6 Å². The summed E-state index contributed by atoms with van der Waals surface area (Å²) in [6, 6.07) is 22.5. The predicted molar refractivity (Wildman–Crippen MR) is 130 cm³/mol. The third kappa shape index (κ3) is 6.34. The quantitative estimate of drug-likeness (QED) is 0.316. The minimum atomic E-state index is -0.301. The number of aromatic nitrogens is 1. The van der Waals surface area contributed by atoms with E-state index in [0.717, 1.165) is 16.1 Å². The Labute approximate surface area is 201 Å². The number of nitrogens with zero attached hydrogens (tertiary/aromatic N) is 2. The average Bonchev–Trinajstić information content (AvgIpc) is 3.31. The van der Waals surface area contributed by atoms with Gasteiger partial charge >= 0.3 is 0 Å². The van der Waals surface area contributed by atoms with Crippen LogP contribution in [0.2, 0.25) is 0 Å². The van der Waals surface area contributed by atoms with Crippen LogP contribution in [-0.2, 0) is 19.6 Å². The van der Waals surface area contributed by atoms with Gasteiger partial charge in [0.2, 0.25) is 0 Å². The maximum atomic E-state index is 14.3. The van der Waals surface area contributed by atoms with Gasteiger partial charge in [0.15, 0.2) is 0 Å². The number of nitrogens with one attached hydrogen (secondary N) is 1. The molecule has 0 aliphatic carbocycles. The monoisotopic (exact) mass is 477 g/mol. The molecular formula is C27H25F2N3OS. The highest BCUT2D eigenvalue weighted by atomic mass is 32.1. The molecule has 4 nitrogen and oxygen atoms in total. The summed E-state index contributed by atoms with van der Waals surface area (Å²) in [5.41, 5.74) is 2.84. The first-order valence-electron chi connectivity index (χ1n) is 11.0. The largest absolute Gasteiger partial charge is 0.344 e. The van der Waals surface area contributed by atoms with E-state index in [1.54, 1.807) is 35.7 Å². The number of hydrogen-bond acceptors (Lipinski definition) is 4. The van der Waals surface area contributed by atoms with E-state index in [0.29, 0.717) is 30.9 Å². The van der Waals surface area contributed by atoms with Crippen molar-refractivity contribution in [1.82, 2.24) is 15.2 Å². The summed E-state index contributed by atoms with van der Waals surface area (Å²) in [6.45, 7) is 3.20. The van der Waals surface area contributed by atoms with Crippen LogP contribution in [0, 0.1) is 11.6 Å². The molecule has 1 amide bonds. The molecule has 1 heterocycles. The number of thiazole rings is 1. The molecule has 0 fully saturated rings. The minimum absolute atomic E-state index is 0.144. The highest BCUT2D eigenvalue weighted by Crippen LogP contribution is 2.20. The summed E-state index contributed by atoms with van der Waals surface area (Å²) in [6.07, 6.45) is 0. The Hall–Kier alpha value is -3.42. The van der Waals surface area contributed by atoms with Gasteiger partial charge in [-0.15, -0.1) is 11.3 Å². The average molecular weight is 478 g/mol. The van der Waals surface area contributed by atoms with Crippen LogP contribution in [0.25, 0.3) is 0 Å². The molecule has 174 valence electrons. The van der Waals surface area contributed by atoms with Crippen molar-refractivity contribution in [3.63, 3.8) is 0 Å². The van der Waals surface area contributed by atoms with Crippen molar-refractivity contribution >= 4 is 17.2 Å². The molecule has 0 radical (unpaired) electrons. The predicted octanol–water partition coefficient (Wildman–Crippen LogP) is 6.11. The first-order chi connectivity index (χ1) is 16.5. The Bertz CT molecular complexity index is 1230. The summed E-state index contributed by atoms with van der Waals surface area (Å²) in [7, 11) is 0. The highest BCUT2D eigenvalue weighted by molar-refractivity contribution is 7.09. The Morgan fingerprint density at radius 2 is 1.65 bits per heavy atom. The second-order valence-corrected chi connectivity index (χ2v) is 9.04. The van der Waals surface area contributed by atoms with Gasteiger partial charge in [-0.05, 0) is 36.2 Å². The van der Waals surface area contributed by atoms with Crippen molar-refractivity contribution < 1.29 is 13.6 Å². The second-order valence-electron chi connectivity index (χ2n) is 8.10. The number of benzene rings is 3. The molecule has 0 spiro atoms. The molecular weight excluding hydrogens is 452 g/mol. The molecule has 3 aromatic carbocycles. The zero-order valence-corrected chi connectivity index (χ0v) is 19.6. The third-order valence-corrected chi connectivity index (χ3v) is 6.30. The standard InChI is InChI=1S/C27H25F2N3OS/c1-19(21-7-3-2-4-8-21)30-27(33)25-18-34-26(31-25)17-32(15-20-11-13-23(28)14-12-20)16-22-9-5-6-10-24(22)29/h2-14,18-19H,15-17H2,1H3,(H,30,33). The fourth-order valence-electron chi connectivity index (χ4n) is 3.66. The molecule has 0 aliphatic rings. The van der Waals surface area contributed by atoms with Crippen LogP contribution in [0.4, 0.5) is 8.78 Å². The fourth-order valence-corrected chi connectivity index (χ4v) is 4.47. The molecule has 0 bridgehead atoms. The number of carbonyl (C=O) groups excluding carboxylic acids is 1. The van der Waals surface area contributed by atoms with Crippen molar-refractivity contribution in [2.75, 3.05) is 0 Å². The van der Waals surface area contributed by atoms with Crippen molar-refractivity contribution in [1.29, 1.82) is 0 Å². The van der Waals surface area contributed by atoms with Crippen molar-refractivity contribution in [3.8, 4) is 0 Å². The van der Waals surface area contributed by atoms with Gasteiger partial charge in [0, 0.05) is 24.0 Å². The lowest BCUT2D eigenvalue weighted by atomic mass is 10.1. The molecule has 0 saturated heterocycles. The van der Waals surface area contributed by atoms with E-state index in [2.05, 4.69) is 10.3 Å². The molecule has 1 unspecified atom stereocenters. The van der Waals surface area contributed by atoms with Crippen LogP contribution in [0.5, 0.6) is 0 Å². The van der Waals surface area contributed by atoms with Gasteiger partial charge in [-0.1, -0.05) is 60.7 Å². The lowest BCUT2D eigenvalue weighted by Crippen LogP contribution is -2.27. The summed E-state index contributed by atoms with van der Waals surface area (Å²) in [4.78, 5) is 19.3. The molecule has 1 aromatic heterocycles. The first-order valence-corrected chi connectivity index (χ1v) is 11.9. The molecule has 4 rings (SSSR count). The molecule has 1 atom stereocenters. The van der Waals surface area contributed by atoms with Crippen LogP contribution in [0.1, 0.15) is 45.2 Å². The second kappa shape index (κ2) is 11.1. The van der Waals surface area contributed by atoms with Crippen molar-refractivity contribution in [2.24, 2.45) is 0 Å². The number of halogens is 2. The number of hydrogen-bond donors (Lipinski definition) is 1. The summed E-state index contributed by atoms with van der Waals surface area (Å²) >= 11 is 1.39. The smallest absolute Gasteiger partial charge is 0.271 e. The molecule has 1 N–H and O–H groups in total. The van der Waals surface area contributed by atoms with Gasteiger partial charge in [-0.25, -0.2) is 13.8 Å². The van der Waals surface area contributed by atoms with E-state index in [1.807, 2.05) is 42.2 Å². The van der Waals surface area contributed by atoms with Crippen LogP contribution in [0.3, 0.4) is 0 Å². The van der Waals surface area contributed by atoms with Crippen molar-refractivity contribution in [2.45, 2.75) is 32.6 Å². The van der Waals surface area contributed by atoms with E-state index in [9.17, 15) is 13.6 Å². The van der Waals surface area contributed by atoms with Gasteiger partial charge in [0.05, 0.1) is 12.6 Å². The first kappa shape index (κ1) is 23.7. The summed E-state index contributed by atoms with van der Waals surface area (Å²) in [5, 5.41) is 5.46. The fraction of sp³-hybridized carbons (Fsp3) is 0.185. The van der Waals surface area contributed by atoms with Gasteiger partial charge < -0.3 is 5.32 Å². The summed E-state index contributed by atoms with van der Waals surface area (Å²) < 4.78 is 27.6. The van der Waals surface area contributed by atoms with E-state index in [4.69, 9.17) is 0 Å². The Balaban J connectivity index is 1.47. The van der Waals surface area contributed by atoms with Crippen LogP contribution >= 0.6 is 11.3 Å². The molecule has 4 aromatic rings. The maximum Gasteiger partial charge on any atom is 0.271 e. The minimum Gasteiger partial charge on any atom is -0.344 e.